The Morgan fingerprint density at radius 3 is 2.95 bits per heavy atom. The van der Waals surface area contributed by atoms with Crippen LogP contribution in [-0.4, -0.2) is 34.7 Å². The molecular weight excluding hydrogens is 254 g/mol. The van der Waals surface area contributed by atoms with Crippen LogP contribution in [0.25, 0.3) is 11.3 Å². The molecule has 1 aromatic heterocycles. The maximum Gasteiger partial charge on any atom is 0.313 e. The van der Waals surface area contributed by atoms with Crippen LogP contribution in [0.5, 0.6) is 0 Å². The van der Waals surface area contributed by atoms with Gasteiger partial charge in [-0.15, -0.1) is 0 Å². The predicted molar refractivity (Wildman–Crippen MR) is 75.2 cm³/mol. The second-order valence-corrected chi connectivity index (χ2v) is 5.03. The molecule has 1 aliphatic rings. The van der Waals surface area contributed by atoms with Gasteiger partial charge in [-0.05, 0) is 18.9 Å². The standard InChI is InChI=1S/C15H17N3O2/c1-10-8-11-6-4-5-7-12(11)13-9-16-14(18(10)13)15(19)17(2)20-3/h4-7,9-10H,8H2,1-3H3. The Hall–Kier alpha value is -2.14. The Kier molecular flexibility index (Phi) is 3.06. The predicted octanol–water partition coefficient (Wildman–Crippen LogP) is 2.30. The number of amides is 1. The second kappa shape index (κ2) is 4.76. The molecule has 5 heteroatoms. The molecule has 0 bridgehead atoms. The monoisotopic (exact) mass is 271 g/mol. The van der Waals surface area contributed by atoms with Gasteiger partial charge in [0.2, 0.25) is 5.82 Å². The number of carbonyl (C=O) groups excluding carboxylic acids is 1. The van der Waals surface area contributed by atoms with Gasteiger partial charge in [0, 0.05) is 18.7 Å². The van der Waals surface area contributed by atoms with Gasteiger partial charge in [-0.2, -0.15) is 0 Å². The first-order valence-corrected chi connectivity index (χ1v) is 6.61. The number of aromatic nitrogens is 2. The molecule has 1 unspecified atom stereocenters. The largest absolute Gasteiger partial charge is 0.317 e. The van der Waals surface area contributed by atoms with E-state index in [-0.39, 0.29) is 11.9 Å². The lowest BCUT2D eigenvalue weighted by molar-refractivity contribution is -0.0767. The number of imidazole rings is 1. The van der Waals surface area contributed by atoms with Crippen molar-refractivity contribution in [3.8, 4) is 11.3 Å². The molecule has 1 atom stereocenters. The molecule has 5 nitrogen and oxygen atoms in total. The Bertz CT molecular complexity index is 663. The van der Waals surface area contributed by atoms with Gasteiger partial charge in [0.25, 0.3) is 0 Å². The van der Waals surface area contributed by atoms with Gasteiger partial charge < -0.3 is 4.57 Å². The highest BCUT2D eigenvalue weighted by molar-refractivity contribution is 5.91. The van der Waals surface area contributed by atoms with Crippen LogP contribution in [-0.2, 0) is 11.3 Å². The van der Waals surface area contributed by atoms with Crippen LogP contribution < -0.4 is 0 Å². The number of fused-ring (bicyclic) bond motifs is 3. The van der Waals surface area contributed by atoms with Crippen molar-refractivity contribution in [2.45, 2.75) is 19.4 Å². The number of hydroxylamine groups is 2. The Labute approximate surface area is 117 Å². The fourth-order valence-corrected chi connectivity index (χ4v) is 2.75. The van der Waals surface area contributed by atoms with Gasteiger partial charge in [-0.25, -0.2) is 10.0 Å². The van der Waals surface area contributed by atoms with Gasteiger partial charge in [0.05, 0.1) is 19.0 Å². The van der Waals surface area contributed by atoms with Crippen molar-refractivity contribution >= 4 is 5.91 Å². The topological polar surface area (TPSA) is 47.4 Å². The van der Waals surface area contributed by atoms with E-state index >= 15 is 0 Å². The minimum atomic E-state index is -0.231. The first-order chi connectivity index (χ1) is 9.63. The van der Waals surface area contributed by atoms with Crippen molar-refractivity contribution in [2.24, 2.45) is 0 Å². The maximum atomic E-state index is 12.3. The molecule has 0 fully saturated rings. The van der Waals surface area contributed by atoms with E-state index in [1.807, 2.05) is 16.7 Å². The average molecular weight is 271 g/mol. The van der Waals surface area contributed by atoms with E-state index in [0.717, 1.165) is 17.7 Å². The van der Waals surface area contributed by atoms with Gasteiger partial charge in [-0.3, -0.25) is 9.63 Å². The van der Waals surface area contributed by atoms with Gasteiger partial charge >= 0.3 is 5.91 Å². The van der Waals surface area contributed by atoms with E-state index in [1.165, 1.54) is 17.7 Å². The number of benzene rings is 1. The third kappa shape index (κ3) is 1.82. The summed E-state index contributed by atoms with van der Waals surface area (Å²) in [6, 6.07) is 8.46. The zero-order valence-electron chi connectivity index (χ0n) is 11.8. The van der Waals surface area contributed by atoms with Crippen LogP contribution in [0, 0.1) is 0 Å². The number of rotatable bonds is 2. The SMILES string of the molecule is CON(C)C(=O)c1ncc2n1C(C)Cc1ccccc1-2. The minimum Gasteiger partial charge on any atom is -0.317 e. The Morgan fingerprint density at radius 2 is 2.20 bits per heavy atom. The first-order valence-electron chi connectivity index (χ1n) is 6.61. The summed E-state index contributed by atoms with van der Waals surface area (Å²) in [5, 5.41) is 1.20. The number of hydrogen-bond donors (Lipinski definition) is 0. The van der Waals surface area contributed by atoms with Crippen LogP contribution >= 0.6 is 0 Å². The van der Waals surface area contributed by atoms with Crippen molar-refractivity contribution in [2.75, 3.05) is 14.2 Å². The van der Waals surface area contributed by atoms with Crippen LogP contribution in [0.15, 0.2) is 30.5 Å². The van der Waals surface area contributed by atoms with Gasteiger partial charge in [0.15, 0.2) is 0 Å². The van der Waals surface area contributed by atoms with E-state index in [9.17, 15) is 4.79 Å². The first kappa shape index (κ1) is 12.9. The molecule has 2 aromatic rings. The fraction of sp³-hybridized carbons (Fsp3) is 0.333. The lowest BCUT2D eigenvalue weighted by Crippen LogP contribution is -2.30. The van der Waals surface area contributed by atoms with Crippen molar-refractivity contribution in [3.05, 3.63) is 41.9 Å². The molecule has 0 aliphatic carbocycles. The van der Waals surface area contributed by atoms with Crippen LogP contribution in [0.2, 0.25) is 0 Å². The molecular formula is C15H17N3O2. The smallest absolute Gasteiger partial charge is 0.313 e. The van der Waals surface area contributed by atoms with E-state index in [0.29, 0.717) is 5.82 Å². The zero-order chi connectivity index (χ0) is 14.3. The van der Waals surface area contributed by atoms with E-state index in [1.54, 1.807) is 13.2 Å². The third-order valence-electron chi connectivity index (χ3n) is 3.80. The summed E-state index contributed by atoms with van der Waals surface area (Å²) in [6.45, 7) is 2.10. The third-order valence-corrected chi connectivity index (χ3v) is 3.80. The van der Waals surface area contributed by atoms with Gasteiger partial charge in [-0.1, -0.05) is 24.3 Å². The number of hydrogen-bond acceptors (Lipinski definition) is 3. The molecule has 0 saturated carbocycles. The van der Waals surface area contributed by atoms with E-state index in [4.69, 9.17) is 4.84 Å². The maximum absolute atomic E-state index is 12.3. The van der Waals surface area contributed by atoms with E-state index < -0.39 is 0 Å². The molecule has 104 valence electrons. The van der Waals surface area contributed by atoms with Crippen molar-refractivity contribution in [3.63, 3.8) is 0 Å². The molecule has 0 radical (unpaired) electrons. The summed E-state index contributed by atoms with van der Waals surface area (Å²) in [4.78, 5) is 21.6. The summed E-state index contributed by atoms with van der Waals surface area (Å²) in [5.74, 6) is 0.191. The molecule has 0 saturated heterocycles. The molecule has 1 amide bonds. The van der Waals surface area contributed by atoms with Crippen LogP contribution in [0.1, 0.15) is 29.1 Å². The zero-order valence-corrected chi connectivity index (χ0v) is 11.8. The summed E-state index contributed by atoms with van der Waals surface area (Å²) in [6.07, 6.45) is 2.67. The highest BCUT2D eigenvalue weighted by Crippen LogP contribution is 2.35. The molecule has 20 heavy (non-hydrogen) atoms. The highest BCUT2D eigenvalue weighted by Gasteiger charge is 2.28. The lowest BCUT2D eigenvalue weighted by Gasteiger charge is -2.26. The second-order valence-electron chi connectivity index (χ2n) is 5.03. The molecule has 1 aliphatic heterocycles. The molecule has 2 heterocycles. The van der Waals surface area contributed by atoms with Crippen molar-refractivity contribution < 1.29 is 9.63 Å². The molecule has 1 aromatic carbocycles. The summed E-state index contributed by atoms with van der Waals surface area (Å²) in [7, 11) is 3.06. The fourth-order valence-electron chi connectivity index (χ4n) is 2.75. The lowest BCUT2D eigenvalue weighted by atomic mass is 9.95. The quantitative estimate of drug-likeness (QED) is 0.787. The van der Waals surface area contributed by atoms with Gasteiger partial charge in [0.1, 0.15) is 0 Å². The Balaban J connectivity index is 2.13. The normalized spacial score (nSPS) is 16.4. The average Bonchev–Trinajstić information content (AvgIpc) is 2.91. The summed E-state index contributed by atoms with van der Waals surface area (Å²) in [5.41, 5.74) is 3.44. The Morgan fingerprint density at radius 1 is 1.45 bits per heavy atom. The number of nitrogens with zero attached hydrogens (tertiary/aromatic N) is 3. The summed E-state index contributed by atoms with van der Waals surface area (Å²) >= 11 is 0. The number of carbonyl (C=O) groups is 1. The highest BCUT2D eigenvalue weighted by atomic mass is 16.7. The van der Waals surface area contributed by atoms with E-state index in [2.05, 4.69) is 24.0 Å². The van der Waals surface area contributed by atoms with Crippen molar-refractivity contribution in [1.29, 1.82) is 0 Å². The minimum absolute atomic E-state index is 0.201. The van der Waals surface area contributed by atoms with Crippen molar-refractivity contribution in [1.82, 2.24) is 14.6 Å². The summed E-state index contributed by atoms with van der Waals surface area (Å²) < 4.78 is 2.00. The van der Waals surface area contributed by atoms with Crippen LogP contribution in [0.4, 0.5) is 0 Å². The molecule has 0 spiro atoms. The molecule has 3 rings (SSSR count). The van der Waals surface area contributed by atoms with Crippen LogP contribution in [0.3, 0.4) is 0 Å². The molecule has 0 N–H and O–H groups in total.